The number of rotatable bonds is 2. The second kappa shape index (κ2) is 5.19. The van der Waals surface area contributed by atoms with Crippen LogP contribution in [0.1, 0.15) is 32.6 Å². The van der Waals surface area contributed by atoms with Crippen molar-refractivity contribution < 1.29 is 9.53 Å². The molecular formula is C18H20BrN3O2. The zero-order chi connectivity index (χ0) is 16.5. The highest BCUT2D eigenvalue weighted by Gasteiger charge is 2.52. The van der Waals surface area contributed by atoms with Gasteiger partial charge in [0.25, 0.3) is 5.91 Å². The maximum absolute atomic E-state index is 12.4. The highest BCUT2D eigenvalue weighted by Crippen LogP contribution is 2.49. The van der Waals surface area contributed by atoms with Gasteiger partial charge in [0, 0.05) is 28.8 Å². The van der Waals surface area contributed by atoms with Crippen LogP contribution in [0.15, 0.2) is 21.7 Å². The Morgan fingerprint density at radius 3 is 2.88 bits per heavy atom. The Kier molecular flexibility index (Phi) is 3.28. The average Bonchev–Trinajstić information content (AvgIpc) is 2.87. The summed E-state index contributed by atoms with van der Waals surface area (Å²) in [6, 6.07) is 2.43. The number of fused-ring (bicyclic) bond motifs is 4. The predicted octanol–water partition coefficient (Wildman–Crippen LogP) is 1.19. The molecule has 126 valence electrons. The Morgan fingerprint density at radius 1 is 1.38 bits per heavy atom. The molecule has 3 saturated heterocycles. The van der Waals surface area contributed by atoms with Gasteiger partial charge < -0.3 is 4.74 Å². The lowest BCUT2D eigenvalue weighted by Crippen LogP contribution is -2.66. The first-order chi connectivity index (χ1) is 11.5. The highest BCUT2D eigenvalue weighted by molar-refractivity contribution is 9.10. The fraction of sp³-hybridized carbons (Fsp3) is 0.611. The van der Waals surface area contributed by atoms with E-state index in [-0.39, 0.29) is 17.4 Å². The third kappa shape index (κ3) is 2.16. The van der Waals surface area contributed by atoms with Gasteiger partial charge in [-0.15, -0.1) is 0 Å². The molecule has 5 nitrogen and oxygen atoms in total. The van der Waals surface area contributed by atoms with Gasteiger partial charge in [-0.25, -0.2) is 4.99 Å². The van der Waals surface area contributed by atoms with Crippen LogP contribution >= 0.6 is 15.9 Å². The van der Waals surface area contributed by atoms with Crippen LogP contribution in [-0.4, -0.2) is 46.6 Å². The van der Waals surface area contributed by atoms with E-state index in [0.29, 0.717) is 17.5 Å². The first-order valence-electron chi connectivity index (χ1n) is 8.71. The lowest BCUT2D eigenvalue weighted by Gasteiger charge is -2.59. The average molecular weight is 390 g/mol. The van der Waals surface area contributed by atoms with Crippen LogP contribution in [0.5, 0.6) is 0 Å². The smallest absolute Gasteiger partial charge is 0.276 e. The van der Waals surface area contributed by atoms with Crippen molar-refractivity contribution in [1.82, 2.24) is 9.88 Å². The van der Waals surface area contributed by atoms with Crippen LogP contribution in [0.2, 0.25) is 0 Å². The zero-order valence-corrected chi connectivity index (χ0v) is 15.3. The van der Waals surface area contributed by atoms with Crippen LogP contribution in [0.4, 0.5) is 0 Å². The first kappa shape index (κ1) is 15.2. The summed E-state index contributed by atoms with van der Waals surface area (Å²) in [5.74, 6) is 0.189. The van der Waals surface area contributed by atoms with E-state index in [9.17, 15) is 4.79 Å². The van der Waals surface area contributed by atoms with Crippen molar-refractivity contribution in [1.29, 1.82) is 0 Å². The standard InChI is InChI=1S/C18H20BrN3O2/c1-18(22-8-13-3-2-12(22)9-24-13)5-10(6-18)15-16-14(21-17(15)23)4-11(19)7-20-16/h4,7,10,12-13H,2-3,5-6,8-9H2,1H3. The summed E-state index contributed by atoms with van der Waals surface area (Å²) in [6.07, 6.45) is 6.64. The highest BCUT2D eigenvalue weighted by atomic mass is 79.9. The Balaban J connectivity index is 1.42. The molecule has 6 rings (SSSR count). The Morgan fingerprint density at radius 2 is 2.21 bits per heavy atom. The van der Waals surface area contributed by atoms with Gasteiger partial charge in [-0.1, -0.05) is 0 Å². The monoisotopic (exact) mass is 389 g/mol. The molecule has 1 saturated carbocycles. The number of hydrogen-bond donors (Lipinski definition) is 0. The summed E-state index contributed by atoms with van der Waals surface area (Å²) in [4.78, 5) is 23.7. The summed E-state index contributed by atoms with van der Waals surface area (Å²) in [5.41, 5.74) is 1.01. The molecule has 2 unspecified atom stereocenters. The van der Waals surface area contributed by atoms with Crippen molar-refractivity contribution in [3.63, 3.8) is 0 Å². The van der Waals surface area contributed by atoms with E-state index in [1.165, 1.54) is 12.8 Å². The van der Waals surface area contributed by atoms with E-state index in [0.717, 1.165) is 41.4 Å². The van der Waals surface area contributed by atoms with E-state index in [4.69, 9.17) is 4.74 Å². The Labute approximate surface area is 148 Å². The van der Waals surface area contributed by atoms with E-state index in [2.05, 4.69) is 37.7 Å². The van der Waals surface area contributed by atoms with Crippen molar-refractivity contribution in [2.24, 2.45) is 10.9 Å². The molecule has 0 radical (unpaired) electrons. The molecule has 1 aliphatic carbocycles. The molecule has 2 atom stereocenters. The molecule has 5 heterocycles. The summed E-state index contributed by atoms with van der Waals surface area (Å²) < 4.78 is 6.70. The van der Waals surface area contributed by atoms with Crippen LogP contribution in [-0.2, 0) is 9.53 Å². The van der Waals surface area contributed by atoms with E-state index in [1.54, 1.807) is 6.20 Å². The van der Waals surface area contributed by atoms with Gasteiger partial charge in [0.1, 0.15) is 0 Å². The van der Waals surface area contributed by atoms with E-state index >= 15 is 0 Å². The maximum Gasteiger partial charge on any atom is 0.276 e. The zero-order valence-electron chi connectivity index (χ0n) is 13.7. The second-order valence-electron chi connectivity index (χ2n) is 7.79. The third-order valence-corrected chi connectivity index (χ3v) is 6.64. The molecule has 0 spiro atoms. The predicted molar refractivity (Wildman–Crippen MR) is 91.7 cm³/mol. The first-order valence-corrected chi connectivity index (χ1v) is 9.50. The molecule has 24 heavy (non-hydrogen) atoms. The number of nitrogens with zero attached hydrogens (tertiary/aromatic N) is 3. The molecule has 6 heteroatoms. The molecule has 0 aromatic carbocycles. The maximum atomic E-state index is 12.4. The van der Waals surface area contributed by atoms with Crippen molar-refractivity contribution >= 4 is 27.4 Å². The molecular weight excluding hydrogens is 370 g/mol. The molecule has 2 bridgehead atoms. The fourth-order valence-corrected chi connectivity index (χ4v) is 5.33. The molecule has 1 amide bonds. The lowest BCUT2D eigenvalue weighted by molar-refractivity contribution is -0.161. The molecule has 4 fully saturated rings. The van der Waals surface area contributed by atoms with Crippen LogP contribution in [0.25, 0.3) is 5.57 Å². The molecule has 1 aromatic rings. The molecule has 1 aromatic heterocycles. The topological polar surface area (TPSA) is 54.8 Å². The van der Waals surface area contributed by atoms with Gasteiger partial charge in [0.2, 0.25) is 0 Å². The van der Waals surface area contributed by atoms with Gasteiger partial charge in [0.05, 0.1) is 29.0 Å². The Bertz CT molecular complexity index is 838. The van der Waals surface area contributed by atoms with Crippen molar-refractivity contribution in [3.8, 4) is 0 Å². The van der Waals surface area contributed by atoms with Crippen molar-refractivity contribution in [2.75, 3.05) is 13.2 Å². The third-order valence-electron chi connectivity index (χ3n) is 6.20. The van der Waals surface area contributed by atoms with Crippen LogP contribution in [0.3, 0.4) is 0 Å². The molecule has 0 N–H and O–H groups in total. The normalized spacial score (nSPS) is 38.0. The minimum Gasteiger partial charge on any atom is -0.375 e. The summed E-state index contributed by atoms with van der Waals surface area (Å²) in [5, 5.41) is 1.50. The van der Waals surface area contributed by atoms with Gasteiger partial charge in [-0.3, -0.25) is 14.7 Å². The number of amides is 1. The lowest BCUT2D eigenvalue weighted by atomic mass is 9.64. The number of aromatic nitrogens is 1. The van der Waals surface area contributed by atoms with Crippen LogP contribution in [0, 0.1) is 5.92 Å². The molecule has 4 aliphatic heterocycles. The minimum absolute atomic E-state index is 0.0915. The van der Waals surface area contributed by atoms with Gasteiger partial charge in [-0.2, -0.15) is 0 Å². The van der Waals surface area contributed by atoms with Gasteiger partial charge in [-0.05, 0) is 60.5 Å². The number of carbonyl (C=O) groups excluding carboxylic acids is 1. The van der Waals surface area contributed by atoms with Crippen LogP contribution < -0.4 is 10.7 Å². The quantitative estimate of drug-likeness (QED) is 0.762. The van der Waals surface area contributed by atoms with E-state index < -0.39 is 0 Å². The fourth-order valence-electron chi connectivity index (χ4n) is 5.01. The van der Waals surface area contributed by atoms with Gasteiger partial charge >= 0.3 is 0 Å². The number of ether oxygens (including phenoxy) is 1. The van der Waals surface area contributed by atoms with Crippen molar-refractivity contribution in [3.05, 3.63) is 27.4 Å². The largest absolute Gasteiger partial charge is 0.375 e. The minimum atomic E-state index is -0.0915. The number of hydrogen-bond acceptors (Lipinski definition) is 4. The summed E-state index contributed by atoms with van der Waals surface area (Å²) in [7, 11) is 0. The summed E-state index contributed by atoms with van der Waals surface area (Å²) >= 11 is 3.40. The molecule has 5 aliphatic rings. The number of pyridine rings is 1. The second-order valence-corrected chi connectivity index (χ2v) is 8.71. The summed E-state index contributed by atoms with van der Waals surface area (Å²) in [6.45, 7) is 4.26. The van der Waals surface area contributed by atoms with E-state index in [1.807, 2.05) is 6.07 Å². The van der Waals surface area contributed by atoms with Crippen molar-refractivity contribution in [2.45, 2.75) is 50.3 Å². The van der Waals surface area contributed by atoms with Gasteiger partial charge in [0.15, 0.2) is 0 Å². The number of morpholine rings is 1. The number of piperidine rings is 1. The number of carbonyl (C=O) groups is 1. The Hall–Kier alpha value is -1.11. The SMILES string of the molecule is CC1(N2CC3CCC2CO3)CC(C2=c3ncc(Br)cc3=NC2=O)C1. The number of halogens is 1.